The lowest BCUT2D eigenvalue weighted by Gasteiger charge is -2.15. The third kappa shape index (κ3) is 5.46. The van der Waals surface area contributed by atoms with Crippen LogP contribution in [0.25, 0.3) is 0 Å². The van der Waals surface area contributed by atoms with Crippen molar-refractivity contribution in [3.05, 3.63) is 24.3 Å². The van der Waals surface area contributed by atoms with Crippen LogP contribution in [0.5, 0.6) is 0 Å². The number of hydrogen-bond acceptors (Lipinski definition) is 3. The van der Waals surface area contributed by atoms with Crippen LogP contribution in [0.2, 0.25) is 0 Å². The minimum atomic E-state index is -0.313. The lowest BCUT2D eigenvalue weighted by atomic mass is 10.0. The average molecular weight is 301 g/mol. The molecule has 1 aromatic carbocycles. The van der Waals surface area contributed by atoms with Gasteiger partial charge in [-0.15, -0.1) is 12.4 Å². The van der Waals surface area contributed by atoms with Crippen molar-refractivity contribution in [3.8, 4) is 0 Å². The molecule has 2 unspecified atom stereocenters. The Morgan fingerprint density at radius 1 is 1.15 bits per heavy atom. The van der Waals surface area contributed by atoms with Crippen molar-refractivity contribution in [2.45, 2.75) is 19.9 Å². The third-order valence-electron chi connectivity index (χ3n) is 2.82. The van der Waals surface area contributed by atoms with E-state index in [1.807, 2.05) is 0 Å². The van der Waals surface area contributed by atoms with Crippen LogP contribution in [0.15, 0.2) is 24.3 Å². The maximum Gasteiger partial charge on any atom is 0.318 e. The number of anilines is 2. The van der Waals surface area contributed by atoms with E-state index in [9.17, 15) is 9.59 Å². The Labute approximate surface area is 124 Å². The maximum absolute atomic E-state index is 11.9. The highest BCUT2D eigenvalue weighted by Crippen LogP contribution is 2.16. The Balaban J connectivity index is 0.00000361. The first kappa shape index (κ1) is 18.2. The molecule has 0 aliphatic carbocycles. The Bertz CT molecular complexity index is 465. The highest BCUT2D eigenvalue weighted by molar-refractivity contribution is 5.94. The summed E-state index contributed by atoms with van der Waals surface area (Å²) in [4.78, 5) is 23.0. The molecule has 1 rings (SSSR count). The van der Waals surface area contributed by atoms with Crippen LogP contribution >= 0.6 is 12.4 Å². The second-order valence-corrected chi connectivity index (χ2v) is 4.42. The molecule has 112 valence electrons. The summed E-state index contributed by atoms with van der Waals surface area (Å²) in [5, 5.41) is 7.85. The molecule has 20 heavy (non-hydrogen) atoms. The summed E-state index contributed by atoms with van der Waals surface area (Å²) in [6.07, 6.45) is 0. The van der Waals surface area contributed by atoms with Gasteiger partial charge >= 0.3 is 6.03 Å². The van der Waals surface area contributed by atoms with Gasteiger partial charge < -0.3 is 21.7 Å². The summed E-state index contributed by atoms with van der Waals surface area (Å²) in [6, 6.07) is 6.39. The average Bonchev–Trinajstić information content (AvgIpc) is 2.37. The highest BCUT2D eigenvalue weighted by atomic mass is 35.5. The standard InChI is InChI=1S/C13H20N4O2.ClH/c1-8(9(2)14)12(18)16-10-5-4-6-11(7-10)17-13(19)15-3;/h4-9H,14H2,1-3H3,(H,16,18)(H2,15,17,19);1H. The number of urea groups is 1. The quantitative estimate of drug-likeness (QED) is 0.682. The number of carbonyl (C=O) groups excluding carboxylic acids is 2. The van der Waals surface area contributed by atoms with Gasteiger partial charge in [-0.05, 0) is 25.1 Å². The number of halogens is 1. The Hall–Kier alpha value is -1.79. The second-order valence-electron chi connectivity index (χ2n) is 4.42. The molecule has 0 aromatic heterocycles. The number of carbonyl (C=O) groups is 2. The summed E-state index contributed by atoms with van der Waals surface area (Å²) in [5.41, 5.74) is 6.90. The van der Waals surface area contributed by atoms with Gasteiger partial charge in [0, 0.05) is 24.5 Å². The number of nitrogens with one attached hydrogen (secondary N) is 3. The van der Waals surface area contributed by atoms with Crippen molar-refractivity contribution in [1.29, 1.82) is 0 Å². The summed E-state index contributed by atoms with van der Waals surface area (Å²) in [6.45, 7) is 3.56. The van der Waals surface area contributed by atoms with Gasteiger partial charge in [-0.25, -0.2) is 4.79 Å². The smallest absolute Gasteiger partial charge is 0.318 e. The largest absolute Gasteiger partial charge is 0.341 e. The molecular weight excluding hydrogens is 280 g/mol. The van der Waals surface area contributed by atoms with Crippen LogP contribution in [0.1, 0.15) is 13.8 Å². The summed E-state index contributed by atoms with van der Waals surface area (Å²) >= 11 is 0. The van der Waals surface area contributed by atoms with Gasteiger partial charge in [0.15, 0.2) is 0 Å². The van der Waals surface area contributed by atoms with E-state index < -0.39 is 0 Å². The number of amides is 3. The molecule has 0 heterocycles. The minimum absolute atomic E-state index is 0. The number of benzene rings is 1. The van der Waals surface area contributed by atoms with Crippen LogP contribution in [0, 0.1) is 5.92 Å². The first-order chi connectivity index (χ1) is 8.93. The van der Waals surface area contributed by atoms with Crippen molar-refractivity contribution in [3.63, 3.8) is 0 Å². The lowest BCUT2D eigenvalue weighted by Crippen LogP contribution is -2.34. The second kappa shape index (κ2) is 8.39. The summed E-state index contributed by atoms with van der Waals surface area (Å²) < 4.78 is 0. The van der Waals surface area contributed by atoms with Crippen molar-refractivity contribution in [2.24, 2.45) is 11.7 Å². The van der Waals surface area contributed by atoms with Gasteiger partial charge in [-0.1, -0.05) is 13.0 Å². The van der Waals surface area contributed by atoms with E-state index >= 15 is 0 Å². The Morgan fingerprint density at radius 3 is 2.20 bits per heavy atom. The molecule has 0 aliphatic rings. The van der Waals surface area contributed by atoms with Crippen molar-refractivity contribution < 1.29 is 9.59 Å². The molecule has 0 radical (unpaired) electrons. The first-order valence-electron chi connectivity index (χ1n) is 6.09. The molecule has 0 fully saturated rings. The molecule has 3 amide bonds. The maximum atomic E-state index is 11.9. The lowest BCUT2D eigenvalue weighted by molar-refractivity contribution is -0.119. The fourth-order valence-electron chi connectivity index (χ4n) is 1.36. The monoisotopic (exact) mass is 300 g/mol. The van der Waals surface area contributed by atoms with E-state index in [0.29, 0.717) is 11.4 Å². The highest BCUT2D eigenvalue weighted by Gasteiger charge is 2.17. The summed E-state index contributed by atoms with van der Waals surface area (Å²) in [7, 11) is 1.53. The normalized spacial score (nSPS) is 12.6. The molecule has 6 nitrogen and oxygen atoms in total. The van der Waals surface area contributed by atoms with E-state index in [1.165, 1.54) is 7.05 Å². The van der Waals surface area contributed by atoms with Crippen LogP contribution in [-0.2, 0) is 4.79 Å². The molecule has 0 spiro atoms. The minimum Gasteiger partial charge on any atom is -0.341 e. The molecule has 2 atom stereocenters. The van der Waals surface area contributed by atoms with Gasteiger partial charge in [-0.3, -0.25) is 4.79 Å². The van der Waals surface area contributed by atoms with Crippen LogP contribution in [0.3, 0.4) is 0 Å². The van der Waals surface area contributed by atoms with E-state index in [2.05, 4.69) is 16.0 Å². The van der Waals surface area contributed by atoms with Crippen molar-refractivity contribution >= 4 is 35.7 Å². The van der Waals surface area contributed by atoms with E-state index in [4.69, 9.17) is 5.73 Å². The molecular formula is C13H21ClN4O2. The van der Waals surface area contributed by atoms with Crippen molar-refractivity contribution in [2.75, 3.05) is 17.7 Å². The zero-order valence-corrected chi connectivity index (χ0v) is 12.6. The van der Waals surface area contributed by atoms with Gasteiger partial charge in [0.25, 0.3) is 0 Å². The van der Waals surface area contributed by atoms with Gasteiger partial charge in [-0.2, -0.15) is 0 Å². The number of rotatable bonds is 4. The van der Waals surface area contributed by atoms with Crippen LogP contribution < -0.4 is 21.7 Å². The van der Waals surface area contributed by atoms with Gasteiger partial charge in [0.2, 0.25) is 5.91 Å². The molecule has 1 aromatic rings. The molecule has 7 heteroatoms. The van der Waals surface area contributed by atoms with Gasteiger partial charge in [0.1, 0.15) is 0 Å². The molecule has 0 bridgehead atoms. The van der Waals surface area contributed by atoms with Crippen molar-refractivity contribution in [1.82, 2.24) is 5.32 Å². The molecule has 0 saturated carbocycles. The predicted octanol–water partition coefficient (Wildman–Crippen LogP) is 1.78. The topological polar surface area (TPSA) is 96.2 Å². The van der Waals surface area contributed by atoms with E-state index in [-0.39, 0.29) is 36.3 Å². The SMILES string of the molecule is CNC(=O)Nc1cccc(NC(=O)C(C)C(C)N)c1.Cl. The Kier molecular flexibility index (Phi) is 7.64. The predicted molar refractivity (Wildman–Crippen MR) is 83.2 cm³/mol. The van der Waals surface area contributed by atoms with E-state index in [0.717, 1.165) is 0 Å². The Morgan fingerprint density at radius 2 is 1.70 bits per heavy atom. The van der Waals surface area contributed by atoms with E-state index in [1.54, 1.807) is 38.1 Å². The third-order valence-corrected chi connectivity index (χ3v) is 2.82. The first-order valence-corrected chi connectivity index (χ1v) is 6.09. The fourth-order valence-corrected chi connectivity index (χ4v) is 1.36. The fraction of sp³-hybridized carbons (Fsp3) is 0.385. The van der Waals surface area contributed by atoms with Crippen LogP contribution in [-0.4, -0.2) is 25.0 Å². The van der Waals surface area contributed by atoms with Gasteiger partial charge in [0.05, 0.1) is 5.92 Å². The molecule has 5 N–H and O–H groups in total. The zero-order valence-electron chi connectivity index (χ0n) is 11.8. The number of nitrogens with two attached hydrogens (primary N) is 1. The number of hydrogen-bond donors (Lipinski definition) is 4. The van der Waals surface area contributed by atoms with Crippen LogP contribution in [0.4, 0.5) is 16.2 Å². The zero-order chi connectivity index (χ0) is 14.4. The molecule has 0 saturated heterocycles. The summed E-state index contributed by atoms with van der Waals surface area (Å²) in [5.74, 6) is -0.428. The molecule has 0 aliphatic heterocycles.